The van der Waals surface area contributed by atoms with Crippen molar-refractivity contribution in [1.82, 2.24) is 15.2 Å². The van der Waals surface area contributed by atoms with Gasteiger partial charge in [0.05, 0.1) is 11.1 Å². The van der Waals surface area contributed by atoms with Crippen molar-refractivity contribution in [3.8, 4) is 10.4 Å². The van der Waals surface area contributed by atoms with Crippen LogP contribution in [0.4, 0.5) is 0 Å². The number of hydrogen-bond acceptors (Lipinski definition) is 4. The first-order valence-corrected chi connectivity index (χ1v) is 12.0. The maximum atomic E-state index is 13.1. The van der Waals surface area contributed by atoms with Crippen LogP contribution in [0.5, 0.6) is 0 Å². The number of carbonyl (C=O) groups excluding carboxylic acids is 1. The number of hydrogen-bond donors (Lipinski definition) is 1. The molecular weight excluding hydrogens is 402 g/mol. The lowest BCUT2D eigenvalue weighted by Crippen LogP contribution is -2.49. The molecule has 3 aromatic rings. The molecule has 5 heteroatoms. The lowest BCUT2D eigenvalue weighted by Gasteiger charge is -2.40. The van der Waals surface area contributed by atoms with E-state index in [-0.39, 0.29) is 11.3 Å². The molecule has 0 radical (unpaired) electrons. The molecule has 1 aliphatic rings. The Morgan fingerprint density at radius 2 is 1.87 bits per heavy atom. The zero-order chi connectivity index (χ0) is 21.7. The van der Waals surface area contributed by atoms with Crippen LogP contribution in [0.3, 0.4) is 0 Å². The highest BCUT2D eigenvalue weighted by molar-refractivity contribution is 7.13. The predicted octanol–water partition coefficient (Wildman–Crippen LogP) is 5.08. The molecule has 0 aliphatic carbocycles. The van der Waals surface area contributed by atoms with Gasteiger partial charge in [-0.25, -0.2) is 0 Å². The average molecular weight is 434 g/mol. The second-order valence-electron chi connectivity index (χ2n) is 8.54. The van der Waals surface area contributed by atoms with Gasteiger partial charge in [0.2, 0.25) is 5.91 Å². The quantitative estimate of drug-likeness (QED) is 0.565. The van der Waals surface area contributed by atoms with Crippen LogP contribution >= 0.6 is 11.3 Å². The monoisotopic (exact) mass is 433 g/mol. The van der Waals surface area contributed by atoms with E-state index in [0.717, 1.165) is 50.3 Å². The summed E-state index contributed by atoms with van der Waals surface area (Å²) in [6.45, 7) is 7.39. The first kappa shape index (κ1) is 21.7. The minimum Gasteiger partial charge on any atom is -0.356 e. The minimum atomic E-state index is -0.336. The summed E-state index contributed by atoms with van der Waals surface area (Å²) < 4.78 is 0. The highest BCUT2D eigenvalue weighted by atomic mass is 32.1. The van der Waals surface area contributed by atoms with E-state index in [0.29, 0.717) is 6.54 Å². The summed E-state index contributed by atoms with van der Waals surface area (Å²) >= 11 is 1.76. The van der Waals surface area contributed by atoms with Crippen LogP contribution in [0.1, 0.15) is 36.7 Å². The Morgan fingerprint density at radius 1 is 1.10 bits per heavy atom. The molecule has 2 aromatic heterocycles. The van der Waals surface area contributed by atoms with Gasteiger partial charge < -0.3 is 5.32 Å². The van der Waals surface area contributed by atoms with Gasteiger partial charge in [0.1, 0.15) is 0 Å². The van der Waals surface area contributed by atoms with Gasteiger partial charge in [0.15, 0.2) is 0 Å². The summed E-state index contributed by atoms with van der Waals surface area (Å²) in [7, 11) is 0. The Hall–Kier alpha value is -2.50. The minimum absolute atomic E-state index is 0.200. The van der Waals surface area contributed by atoms with Crippen molar-refractivity contribution in [2.45, 2.75) is 39.7 Å². The lowest BCUT2D eigenvalue weighted by atomic mass is 9.72. The molecule has 0 unspecified atom stereocenters. The van der Waals surface area contributed by atoms with Crippen LogP contribution in [0, 0.1) is 12.3 Å². The van der Waals surface area contributed by atoms with Gasteiger partial charge in [-0.2, -0.15) is 0 Å². The molecule has 1 N–H and O–H groups in total. The van der Waals surface area contributed by atoms with Crippen LogP contribution in [0.25, 0.3) is 10.4 Å². The molecule has 0 saturated carbocycles. The van der Waals surface area contributed by atoms with Crippen molar-refractivity contribution < 1.29 is 4.79 Å². The van der Waals surface area contributed by atoms with Gasteiger partial charge in [-0.05, 0) is 80.9 Å². The van der Waals surface area contributed by atoms with Gasteiger partial charge >= 0.3 is 0 Å². The number of pyridine rings is 1. The number of piperidine rings is 1. The second kappa shape index (κ2) is 9.75. The van der Waals surface area contributed by atoms with E-state index in [9.17, 15) is 4.79 Å². The van der Waals surface area contributed by atoms with Gasteiger partial charge in [0.25, 0.3) is 0 Å². The Balaban J connectivity index is 1.46. The van der Waals surface area contributed by atoms with Crippen molar-refractivity contribution in [3.63, 3.8) is 0 Å². The molecule has 4 rings (SSSR count). The summed E-state index contributed by atoms with van der Waals surface area (Å²) in [6, 6.07) is 19.2. The summed E-state index contributed by atoms with van der Waals surface area (Å²) in [5.41, 5.74) is 4.30. The standard InChI is InChI=1S/C26H31N3OS/c1-3-27-25(30)26(18-21-9-11-22(12-10-21)24-8-5-17-31-24)13-15-29(16-14-26)19-23-7-4-6-20(2)28-23/h4-12,17H,3,13-16,18-19H2,1-2H3,(H,27,30). The van der Waals surface area contributed by atoms with Gasteiger partial charge in [-0.3, -0.25) is 14.7 Å². The third kappa shape index (κ3) is 5.23. The number of amides is 1. The molecule has 0 bridgehead atoms. The number of aryl methyl sites for hydroxylation is 1. The number of carbonyl (C=O) groups is 1. The van der Waals surface area contributed by atoms with Gasteiger partial charge in [-0.15, -0.1) is 11.3 Å². The van der Waals surface area contributed by atoms with Crippen LogP contribution in [0.15, 0.2) is 60.0 Å². The van der Waals surface area contributed by atoms with Crippen molar-refractivity contribution in [2.24, 2.45) is 5.41 Å². The van der Waals surface area contributed by atoms with E-state index in [2.05, 4.69) is 69.1 Å². The van der Waals surface area contributed by atoms with E-state index in [1.54, 1.807) is 11.3 Å². The molecular formula is C26H31N3OS. The molecule has 0 atom stereocenters. The molecule has 0 spiro atoms. The number of rotatable bonds is 7. The number of nitrogens with one attached hydrogen (secondary N) is 1. The van der Waals surface area contributed by atoms with E-state index >= 15 is 0 Å². The Bertz CT molecular complexity index is 990. The van der Waals surface area contributed by atoms with E-state index in [1.165, 1.54) is 16.0 Å². The van der Waals surface area contributed by atoms with Gasteiger partial charge in [-0.1, -0.05) is 36.4 Å². The first-order valence-electron chi connectivity index (χ1n) is 11.1. The van der Waals surface area contributed by atoms with Crippen molar-refractivity contribution in [2.75, 3.05) is 19.6 Å². The maximum Gasteiger partial charge on any atom is 0.226 e. The molecule has 1 aromatic carbocycles. The molecule has 31 heavy (non-hydrogen) atoms. The summed E-state index contributed by atoms with van der Waals surface area (Å²) in [6.07, 6.45) is 2.54. The van der Waals surface area contributed by atoms with Crippen LogP contribution in [-0.4, -0.2) is 35.4 Å². The van der Waals surface area contributed by atoms with Crippen LogP contribution in [-0.2, 0) is 17.8 Å². The molecule has 1 saturated heterocycles. The predicted molar refractivity (Wildman–Crippen MR) is 128 cm³/mol. The maximum absolute atomic E-state index is 13.1. The number of nitrogens with zero attached hydrogens (tertiary/aromatic N) is 2. The van der Waals surface area contributed by atoms with Gasteiger partial charge in [0, 0.05) is 23.7 Å². The zero-order valence-corrected chi connectivity index (χ0v) is 19.3. The third-order valence-corrected chi connectivity index (χ3v) is 7.18. The Morgan fingerprint density at radius 3 is 2.52 bits per heavy atom. The zero-order valence-electron chi connectivity index (χ0n) is 18.4. The summed E-state index contributed by atoms with van der Waals surface area (Å²) in [5, 5.41) is 5.22. The molecule has 3 heterocycles. The Labute approximate surface area is 189 Å². The lowest BCUT2D eigenvalue weighted by molar-refractivity contribution is -0.134. The highest BCUT2D eigenvalue weighted by Gasteiger charge is 2.41. The van der Waals surface area contributed by atoms with Crippen molar-refractivity contribution >= 4 is 17.2 Å². The number of thiophene rings is 1. The van der Waals surface area contributed by atoms with Crippen molar-refractivity contribution in [1.29, 1.82) is 0 Å². The smallest absolute Gasteiger partial charge is 0.226 e. The van der Waals surface area contributed by atoms with Crippen LogP contribution in [0.2, 0.25) is 0 Å². The molecule has 1 aliphatic heterocycles. The average Bonchev–Trinajstić information content (AvgIpc) is 3.31. The SMILES string of the molecule is CCNC(=O)C1(Cc2ccc(-c3cccs3)cc2)CCN(Cc2cccc(C)n2)CC1. The third-order valence-electron chi connectivity index (χ3n) is 6.27. The largest absolute Gasteiger partial charge is 0.356 e. The normalized spacial score (nSPS) is 16.2. The Kier molecular flexibility index (Phi) is 6.83. The summed E-state index contributed by atoms with van der Waals surface area (Å²) in [5.74, 6) is 0.200. The van der Waals surface area contributed by atoms with Crippen LogP contribution < -0.4 is 5.32 Å². The molecule has 4 nitrogen and oxygen atoms in total. The number of likely N-dealkylation sites (tertiary alicyclic amines) is 1. The fraction of sp³-hybridized carbons (Fsp3) is 0.385. The fourth-order valence-corrected chi connectivity index (χ4v) is 5.24. The van der Waals surface area contributed by atoms with E-state index in [4.69, 9.17) is 0 Å². The molecule has 1 fully saturated rings. The highest BCUT2D eigenvalue weighted by Crippen LogP contribution is 2.36. The second-order valence-corrected chi connectivity index (χ2v) is 9.48. The first-order chi connectivity index (χ1) is 15.1. The number of benzene rings is 1. The number of aromatic nitrogens is 1. The van der Waals surface area contributed by atoms with E-state index in [1.807, 2.05) is 19.9 Å². The topological polar surface area (TPSA) is 45.2 Å². The fourth-order valence-electron chi connectivity index (χ4n) is 4.51. The molecule has 1 amide bonds. The molecule has 162 valence electrons. The van der Waals surface area contributed by atoms with Crippen molar-refractivity contribution in [3.05, 3.63) is 76.9 Å². The summed E-state index contributed by atoms with van der Waals surface area (Å²) in [4.78, 5) is 21.5. The van der Waals surface area contributed by atoms with E-state index < -0.39 is 0 Å².